The highest BCUT2D eigenvalue weighted by molar-refractivity contribution is 7.85. The van der Waals surface area contributed by atoms with Crippen molar-refractivity contribution in [1.29, 1.82) is 0 Å². The number of unbranched alkanes of at least 4 members (excludes halogenated alkanes) is 6. The van der Waals surface area contributed by atoms with Crippen molar-refractivity contribution in [2.45, 2.75) is 78.2 Å². The predicted octanol–water partition coefficient (Wildman–Crippen LogP) is 4.18. The predicted molar refractivity (Wildman–Crippen MR) is 96.1 cm³/mol. The van der Waals surface area contributed by atoms with Crippen molar-refractivity contribution in [2.24, 2.45) is 0 Å². The molecule has 134 valence electrons. The molecule has 4 nitrogen and oxygen atoms in total. The summed E-state index contributed by atoms with van der Waals surface area (Å²) in [5, 5.41) is 0. The number of hydrogen-bond acceptors (Lipinski definition) is 2. The van der Waals surface area contributed by atoms with Gasteiger partial charge in [0.25, 0.3) is 10.1 Å². The minimum absolute atomic E-state index is 0.715. The maximum absolute atomic E-state index is 9.19. The summed E-state index contributed by atoms with van der Waals surface area (Å²) in [5.74, 6) is 0. The van der Waals surface area contributed by atoms with Crippen molar-refractivity contribution in [3.8, 4) is 0 Å². The Bertz CT molecular complexity index is 475. The Morgan fingerprint density at radius 2 is 1.39 bits per heavy atom. The van der Waals surface area contributed by atoms with Crippen LogP contribution in [0.15, 0.2) is 24.5 Å². The van der Waals surface area contributed by atoms with Crippen LogP contribution >= 0.6 is 0 Å². The summed E-state index contributed by atoms with van der Waals surface area (Å²) in [4.78, 5) is 0. The molecular formula is C18H34NO3S+. The molecule has 1 N–H and O–H groups in total. The van der Waals surface area contributed by atoms with Crippen LogP contribution in [0, 0.1) is 0 Å². The average Bonchev–Trinajstić information content (AvgIpc) is 2.48. The quantitative estimate of drug-likeness (QED) is 0.393. The third kappa shape index (κ3) is 17.2. The molecule has 1 aromatic rings. The Kier molecular flexibility index (Phi) is 12.9. The summed E-state index contributed by atoms with van der Waals surface area (Å²) < 4.78 is 28.2. The fourth-order valence-corrected chi connectivity index (χ4v) is 2.26. The van der Waals surface area contributed by atoms with Crippen molar-refractivity contribution in [3.63, 3.8) is 0 Å². The standard InChI is InChI=1S/C17H30N.CH4O3S/c1-3-5-7-8-9-10-14-18-15-12-17(13-16-18)11-6-4-2;1-5(2,3)4/h12-13,15-16H,3-11,14H2,1-2H3;1H3,(H,2,3,4)/q+1;. The molecule has 0 saturated carbocycles. The van der Waals surface area contributed by atoms with Crippen LogP contribution in [0.4, 0.5) is 0 Å². The van der Waals surface area contributed by atoms with Gasteiger partial charge in [-0.05, 0) is 24.8 Å². The lowest BCUT2D eigenvalue weighted by Gasteiger charge is -2.01. The summed E-state index contributed by atoms with van der Waals surface area (Å²) in [6, 6.07) is 4.57. The fourth-order valence-electron chi connectivity index (χ4n) is 2.26. The number of nitrogens with zero attached hydrogens (tertiary/aromatic N) is 1. The Hall–Kier alpha value is -0.940. The first-order chi connectivity index (χ1) is 10.9. The number of aromatic nitrogens is 1. The highest BCUT2D eigenvalue weighted by Crippen LogP contribution is 2.05. The zero-order valence-corrected chi connectivity index (χ0v) is 15.8. The molecular weight excluding hydrogens is 310 g/mol. The monoisotopic (exact) mass is 344 g/mol. The van der Waals surface area contributed by atoms with Crippen LogP contribution in [0.3, 0.4) is 0 Å². The average molecular weight is 345 g/mol. The molecule has 1 heterocycles. The van der Waals surface area contributed by atoms with Crippen LogP contribution in [-0.2, 0) is 23.1 Å². The van der Waals surface area contributed by atoms with Crippen molar-refractivity contribution in [1.82, 2.24) is 0 Å². The molecule has 0 aromatic carbocycles. The minimum atomic E-state index is -3.67. The highest BCUT2D eigenvalue weighted by atomic mass is 32.2. The van der Waals surface area contributed by atoms with Gasteiger partial charge in [0.05, 0.1) is 6.26 Å². The van der Waals surface area contributed by atoms with E-state index in [-0.39, 0.29) is 0 Å². The largest absolute Gasteiger partial charge is 0.286 e. The van der Waals surface area contributed by atoms with Crippen LogP contribution in [0.25, 0.3) is 0 Å². The van der Waals surface area contributed by atoms with E-state index in [1.165, 1.54) is 69.9 Å². The summed E-state index contributed by atoms with van der Waals surface area (Å²) in [5.41, 5.74) is 1.48. The molecule has 0 amide bonds. The summed E-state index contributed by atoms with van der Waals surface area (Å²) in [6.45, 7) is 5.71. The molecule has 1 rings (SSSR count). The smallest absolute Gasteiger partial charge is 0.261 e. The first-order valence-corrected chi connectivity index (χ1v) is 10.6. The SMILES string of the molecule is CCCCCCCC[n+]1ccc(CCCC)cc1.CS(=O)(=O)O. The zero-order valence-electron chi connectivity index (χ0n) is 15.0. The molecule has 0 saturated heterocycles. The fraction of sp³-hybridized carbons (Fsp3) is 0.722. The van der Waals surface area contributed by atoms with E-state index in [4.69, 9.17) is 4.55 Å². The second kappa shape index (κ2) is 13.5. The van der Waals surface area contributed by atoms with Gasteiger partial charge in [-0.25, -0.2) is 4.57 Å². The molecule has 0 spiro atoms. The summed E-state index contributed by atoms with van der Waals surface area (Å²) in [6.07, 6.45) is 17.3. The number of pyridine rings is 1. The lowest BCUT2D eigenvalue weighted by molar-refractivity contribution is -0.697. The molecule has 0 aliphatic heterocycles. The molecule has 0 aliphatic rings. The van der Waals surface area contributed by atoms with Crippen LogP contribution in [0.2, 0.25) is 0 Å². The summed E-state index contributed by atoms with van der Waals surface area (Å²) in [7, 11) is -3.67. The lowest BCUT2D eigenvalue weighted by atomic mass is 10.1. The van der Waals surface area contributed by atoms with Crippen molar-refractivity contribution >= 4 is 10.1 Å². The van der Waals surface area contributed by atoms with Gasteiger partial charge in [-0.1, -0.05) is 46.0 Å². The number of hydrogen-bond donors (Lipinski definition) is 1. The van der Waals surface area contributed by atoms with E-state index < -0.39 is 10.1 Å². The van der Waals surface area contributed by atoms with Crippen molar-refractivity contribution in [3.05, 3.63) is 30.1 Å². The Morgan fingerprint density at radius 1 is 0.913 bits per heavy atom. The van der Waals surface area contributed by atoms with E-state index in [1.54, 1.807) is 0 Å². The van der Waals surface area contributed by atoms with E-state index in [0.717, 1.165) is 0 Å². The highest BCUT2D eigenvalue weighted by Gasteiger charge is 2.00. The van der Waals surface area contributed by atoms with Crippen molar-refractivity contribution < 1.29 is 17.5 Å². The second-order valence-corrected chi connectivity index (χ2v) is 7.51. The van der Waals surface area contributed by atoms with Gasteiger partial charge in [0.2, 0.25) is 0 Å². The van der Waals surface area contributed by atoms with E-state index in [9.17, 15) is 8.42 Å². The van der Waals surface area contributed by atoms with Gasteiger partial charge in [-0.2, -0.15) is 8.42 Å². The first-order valence-electron chi connectivity index (χ1n) is 8.77. The van der Waals surface area contributed by atoms with Gasteiger partial charge >= 0.3 is 0 Å². The second-order valence-electron chi connectivity index (χ2n) is 6.05. The normalized spacial score (nSPS) is 11.0. The van der Waals surface area contributed by atoms with Gasteiger partial charge in [0.15, 0.2) is 12.4 Å². The van der Waals surface area contributed by atoms with E-state index in [1.807, 2.05) is 0 Å². The molecule has 0 aliphatic carbocycles. The van der Waals surface area contributed by atoms with Gasteiger partial charge < -0.3 is 0 Å². The van der Waals surface area contributed by atoms with Crippen LogP contribution in [-0.4, -0.2) is 19.2 Å². The molecule has 0 atom stereocenters. The summed E-state index contributed by atoms with van der Waals surface area (Å²) >= 11 is 0. The van der Waals surface area contributed by atoms with Crippen molar-refractivity contribution in [2.75, 3.05) is 6.26 Å². The zero-order chi connectivity index (χ0) is 17.6. The number of aryl methyl sites for hydroxylation is 2. The van der Waals surface area contributed by atoms with Gasteiger partial charge in [-0.3, -0.25) is 4.55 Å². The number of rotatable bonds is 10. The Labute approximate surface area is 142 Å². The Balaban J connectivity index is 0.000000841. The Morgan fingerprint density at radius 3 is 1.91 bits per heavy atom. The van der Waals surface area contributed by atoms with E-state index in [2.05, 4.69) is 42.9 Å². The molecule has 1 aromatic heterocycles. The first kappa shape index (κ1) is 22.1. The van der Waals surface area contributed by atoms with E-state index in [0.29, 0.717) is 6.26 Å². The molecule has 0 fully saturated rings. The van der Waals surface area contributed by atoms with Gasteiger partial charge in [0.1, 0.15) is 6.54 Å². The molecule has 0 bridgehead atoms. The maximum Gasteiger partial charge on any atom is 0.261 e. The van der Waals surface area contributed by atoms with E-state index >= 15 is 0 Å². The molecule has 0 unspecified atom stereocenters. The van der Waals surface area contributed by atoms with Gasteiger partial charge in [-0.15, -0.1) is 0 Å². The molecule has 5 heteroatoms. The maximum atomic E-state index is 9.19. The van der Waals surface area contributed by atoms with Crippen LogP contribution < -0.4 is 4.57 Å². The molecule has 0 radical (unpaired) electrons. The minimum Gasteiger partial charge on any atom is -0.286 e. The van der Waals surface area contributed by atoms with Gasteiger partial charge in [0, 0.05) is 18.6 Å². The molecule has 23 heavy (non-hydrogen) atoms. The third-order valence-electron chi connectivity index (χ3n) is 3.55. The topological polar surface area (TPSA) is 58.2 Å². The van der Waals surface area contributed by atoms with Crippen LogP contribution in [0.5, 0.6) is 0 Å². The van der Waals surface area contributed by atoms with Crippen LogP contribution in [0.1, 0.15) is 70.8 Å². The lowest BCUT2D eigenvalue weighted by Crippen LogP contribution is -2.32. The third-order valence-corrected chi connectivity index (χ3v) is 3.55.